The smallest absolute Gasteiger partial charge is 0.326 e. The number of hydrogen-bond donors (Lipinski definition) is 10. The van der Waals surface area contributed by atoms with Crippen LogP contribution in [0.5, 0.6) is 0 Å². The molecule has 0 spiro atoms. The molecule has 3 atom stereocenters. The molecular weight excluding hydrogens is 869 g/mol. The molecule has 1 rings (SSSR count). The summed E-state index contributed by atoms with van der Waals surface area (Å²) in [5.74, 6) is -6.08. The van der Waals surface area contributed by atoms with Crippen LogP contribution in [0.3, 0.4) is 0 Å². The van der Waals surface area contributed by atoms with Crippen LogP contribution in [0.1, 0.15) is 68.6 Å². The summed E-state index contributed by atoms with van der Waals surface area (Å²) in [7, 11) is -1.54. The van der Waals surface area contributed by atoms with E-state index in [9.17, 15) is 57.6 Å². The van der Waals surface area contributed by atoms with E-state index in [4.69, 9.17) is 24.7 Å². The molecule has 0 aromatic heterocycles. The quantitative estimate of drug-likeness (QED) is 0.0243. The summed E-state index contributed by atoms with van der Waals surface area (Å²) in [6, 6.07) is 3.46. The molecule has 25 heteroatoms. The van der Waals surface area contributed by atoms with Crippen LogP contribution in [0.15, 0.2) is 24.3 Å². The molecule has 64 heavy (non-hydrogen) atoms. The van der Waals surface area contributed by atoms with E-state index in [0.717, 1.165) is 0 Å². The summed E-state index contributed by atoms with van der Waals surface area (Å²) in [6.45, 7) is 2.23. The van der Waals surface area contributed by atoms with E-state index in [0.29, 0.717) is 24.1 Å². The van der Waals surface area contributed by atoms with Crippen molar-refractivity contribution in [3.05, 3.63) is 29.8 Å². The Kier molecular flexibility index (Phi) is 30.5. The average Bonchev–Trinajstić information content (AvgIpc) is 3.24. The molecule has 0 aliphatic heterocycles. The Bertz CT molecular complexity index is 1670. The molecule has 0 aliphatic carbocycles. The second-order valence-electron chi connectivity index (χ2n) is 13.7. The summed E-state index contributed by atoms with van der Waals surface area (Å²) in [5.41, 5.74) is 6.57. The number of hydrogen-bond acceptors (Lipinski definition) is 15. The zero-order valence-electron chi connectivity index (χ0n) is 35.9. The van der Waals surface area contributed by atoms with Crippen LogP contribution in [0.4, 0.5) is 5.69 Å². The molecule has 0 fully saturated rings. The van der Waals surface area contributed by atoms with Crippen LogP contribution in [-0.2, 0) is 68.3 Å². The number of aliphatic carboxylic acids is 2. The summed E-state index contributed by atoms with van der Waals surface area (Å²) in [4.78, 5) is 108. The van der Waals surface area contributed by atoms with Crippen LogP contribution in [0.25, 0.3) is 0 Å². The highest BCUT2D eigenvalue weighted by atomic mass is 32.2. The fourth-order valence-corrected chi connectivity index (χ4v) is 5.89. The standard InChI is InChI=1S/C39H62N8O16S/c1-2-4-34(51)47-64(59)24-3-5-31(48)42-16-18-60-21-23-63-26-36(53)46-30(39(57)58)11-13-33(50)45-29(38(55)56)10-12-32(49)43-17-19-61-20-22-62-25-35(52)41-14-15-44-37(54)27-6-8-28(40)9-7-27/h6-9,29-30H,2-5,10-26,40H2,1H3,(H,41,52)(H,42,48)(H,43,49)(H,44,54)(H,45,50)(H,46,53)(H,47,51)(H,55,56)(H,57,58). The van der Waals surface area contributed by atoms with Gasteiger partial charge in [0.1, 0.15) is 36.3 Å². The van der Waals surface area contributed by atoms with Crippen molar-refractivity contribution in [2.24, 2.45) is 0 Å². The second kappa shape index (κ2) is 34.7. The number of anilines is 1. The number of benzene rings is 1. The van der Waals surface area contributed by atoms with Crippen molar-refractivity contribution < 1.29 is 76.5 Å². The number of carbonyl (C=O) groups is 9. The first kappa shape index (κ1) is 56.3. The Balaban J connectivity index is 2.13. The highest BCUT2D eigenvalue weighted by Gasteiger charge is 2.24. The van der Waals surface area contributed by atoms with Crippen molar-refractivity contribution in [1.82, 2.24) is 36.6 Å². The minimum Gasteiger partial charge on any atom is -0.480 e. The minimum absolute atomic E-state index is 0.0296. The Morgan fingerprint density at radius 2 is 1.06 bits per heavy atom. The van der Waals surface area contributed by atoms with E-state index in [-0.39, 0.29) is 128 Å². The normalized spacial score (nSPS) is 12.1. The molecule has 24 nitrogen and oxygen atoms in total. The van der Waals surface area contributed by atoms with Gasteiger partial charge in [0, 0.05) is 68.9 Å². The lowest BCUT2D eigenvalue weighted by molar-refractivity contribution is -0.144. The number of nitrogen functional groups attached to an aromatic ring is 1. The highest BCUT2D eigenvalue weighted by Crippen LogP contribution is 2.05. The van der Waals surface area contributed by atoms with E-state index in [1.54, 1.807) is 24.3 Å². The van der Waals surface area contributed by atoms with E-state index in [2.05, 4.69) is 36.6 Å². The summed E-state index contributed by atoms with van der Waals surface area (Å²) in [5, 5.41) is 33.9. The first-order chi connectivity index (χ1) is 30.6. The molecule has 0 heterocycles. The number of amides is 7. The molecule has 1 aromatic rings. The lowest BCUT2D eigenvalue weighted by Crippen LogP contribution is -2.45. The highest BCUT2D eigenvalue weighted by molar-refractivity contribution is 7.83. The van der Waals surface area contributed by atoms with Crippen LogP contribution in [0.2, 0.25) is 0 Å². The Morgan fingerprint density at radius 1 is 0.578 bits per heavy atom. The molecule has 11 N–H and O–H groups in total. The molecule has 0 bridgehead atoms. The van der Waals surface area contributed by atoms with Gasteiger partial charge in [-0.05, 0) is 49.9 Å². The molecule has 7 amide bonds. The van der Waals surface area contributed by atoms with Crippen LogP contribution < -0.4 is 42.4 Å². The third-order valence-electron chi connectivity index (χ3n) is 8.28. The molecule has 0 radical (unpaired) electrons. The lowest BCUT2D eigenvalue weighted by Gasteiger charge is -2.17. The molecular formula is C39H62N8O16S. The first-order valence-corrected chi connectivity index (χ1v) is 21.9. The minimum atomic E-state index is -1.54. The largest absolute Gasteiger partial charge is 0.480 e. The van der Waals surface area contributed by atoms with Gasteiger partial charge >= 0.3 is 11.9 Å². The fourth-order valence-electron chi connectivity index (χ4n) is 5.03. The third kappa shape index (κ3) is 29.5. The summed E-state index contributed by atoms with van der Waals surface area (Å²) < 4.78 is 35.2. The number of nitrogens with two attached hydrogens (primary N) is 1. The average molecular weight is 931 g/mol. The van der Waals surface area contributed by atoms with Gasteiger partial charge in [-0.3, -0.25) is 38.3 Å². The maximum Gasteiger partial charge on any atom is 0.326 e. The van der Waals surface area contributed by atoms with Gasteiger partial charge in [0.25, 0.3) is 5.91 Å². The number of carboxylic acid groups (broad SMARTS) is 2. The van der Waals surface area contributed by atoms with Gasteiger partial charge in [-0.15, -0.1) is 0 Å². The Hall–Kier alpha value is -5.76. The van der Waals surface area contributed by atoms with Crippen LogP contribution in [0, 0.1) is 0 Å². The maximum atomic E-state index is 12.5. The molecule has 0 saturated carbocycles. The summed E-state index contributed by atoms with van der Waals surface area (Å²) >= 11 is 0. The summed E-state index contributed by atoms with van der Waals surface area (Å²) in [6.07, 6.45) is 0.00391. The zero-order chi connectivity index (χ0) is 47.5. The zero-order valence-corrected chi connectivity index (χ0v) is 36.7. The predicted molar refractivity (Wildman–Crippen MR) is 228 cm³/mol. The van der Waals surface area contributed by atoms with Gasteiger partial charge in [-0.25, -0.2) is 13.8 Å². The van der Waals surface area contributed by atoms with Crippen LogP contribution >= 0.6 is 0 Å². The van der Waals surface area contributed by atoms with E-state index in [1.807, 2.05) is 6.92 Å². The Morgan fingerprint density at radius 3 is 1.62 bits per heavy atom. The molecule has 0 aliphatic rings. The van der Waals surface area contributed by atoms with Gasteiger partial charge in [0.05, 0.1) is 39.6 Å². The van der Waals surface area contributed by atoms with Crippen LogP contribution in [-0.4, -0.2) is 165 Å². The number of carboxylic acids is 2. The fraction of sp³-hybridized carbons (Fsp3) is 0.615. The number of nitrogens with one attached hydrogen (secondary N) is 7. The van der Waals surface area contributed by atoms with Gasteiger partial charge in [-0.1, -0.05) is 6.92 Å². The topological polar surface area (TPSA) is 358 Å². The van der Waals surface area contributed by atoms with Gasteiger partial charge in [0.2, 0.25) is 35.4 Å². The third-order valence-corrected chi connectivity index (χ3v) is 9.39. The van der Waals surface area contributed by atoms with Gasteiger partial charge < -0.3 is 66.8 Å². The maximum absolute atomic E-state index is 12.5. The van der Waals surface area contributed by atoms with E-state index < -0.39 is 71.7 Å². The van der Waals surface area contributed by atoms with E-state index >= 15 is 0 Å². The number of rotatable bonds is 37. The monoisotopic (exact) mass is 930 g/mol. The molecule has 1 aromatic carbocycles. The van der Waals surface area contributed by atoms with Gasteiger partial charge in [0.15, 0.2) is 0 Å². The number of ether oxygens (including phenoxy) is 4. The SMILES string of the molecule is CCCC(=O)NS(=O)CCCC(=O)NCCOCCOCC(=O)NC(CCC(=O)NC(CCC(=O)NCCOCCOCC(=O)NCCNC(=O)c1ccc(N)cc1)C(=O)O)C(=O)O. The second-order valence-corrected chi connectivity index (χ2v) is 15.0. The number of carbonyl (C=O) groups excluding carboxylic acids is 7. The van der Waals surface area contributed by atoms with Crippen molar-refractivity contribution >= 4 is 70.0 Å². The molecule has 360 valence electrons. The van der Waals surface area contributed by atoms with Crippen molar-refractivity contribution in [3.63, 3.8) is 0 Å². The first-order valence-electron chi connectivity index (χ1n) is 20.6. The van der Waals surface area contributed by atoms with Crippen molar-refractivity contribution in [2.75, 3.05) is 90.5 Å². The predicted octanol–water partition coefficient (Wildman–Crippen LogP) is -2.53. The Labute approximate surface area is 373 Å². The van der Waals surface area contributed by atoms with Gasteiger partial charge in [-0.2, -0.15) is 0 Å². The lowest BCUT2D eigenvalue weighted by atomic mass is 10.1. The van der Waals surface area contributed by atoms with E-state index in [1.165, 1.54) is 0 Å². The van der Waals surface area contributed by atoms with Crippen molar-refractivity contribution in [2.45, 2.75) is 70.4 Å². The van der Waals surface area contributed by atoms with Crippen molar-refractivity contribution in [1.29, 1.82) is 0 Å². The molecule has 0 saturated heterocycles. The molecule has 3 unspecified atom stereocenters. The van der Waals surface area contributed by atoms with Crippen molar-refractivity contribution in [3.8, 4) is 0 Å².